The van der Waals surface area contributed by atoms with Gasteiger partial charge < -0.3 is 15.0 Å². The lowest BCUT2D eigenvalue weighted by Gasteiger charge is -2.34. The van der Waals surface area contributed by atoms with Crippen molar-refractivity contribution in [2.45, 2.75) is 51.7 Å². The van der Waals surface area contributed by atoms with Gasteiger partial charge in [-0.05, 0) is 58.5 Å². The first-order valence-electron chi connectivity index (χ1n) is 6.86. The van der Waals surface area contributed by atoms with E-state index in [-0.39, 0.29) is 12.2 Å². The first-order chi connectivity index (χ1) is 8.18. The highest BCUT2D eigenvalue weighted by Gasteiger charge is 2.36. The lowest BCUT2D eigenvalue weighted by Crippen LogP contribution is -2.46. The van der Waals surface area contributed by atoms with Crippen LogP contribution in [0.4, 0.5) is 4.79 Å². The summed E-state index contributed by atoms with van der Waals surface area (Å²) in [7, 11) is 0. The number of nitrogens with zero attached hydrogens (tertiary/aromatic N) is 1. The van der Waals surface area contributed by atoms with Crippen LogP contribution in [0.5, 0.6) is 0 Å². The maximum atomic E-state index is 12.0. The number of ether oxygens (including phenoxy) is 1. The lowest BCUT2D eigenvalue weighted by molar-refractivity contribution is 0.0621. The van der Waals surface area contributed by atoms with Gasteiger partial charge in [0.25, 0.3) is 0 Å². The minimum atomic E-state index is -0.118. The third-order valence-electron chi connectivity index (χ3n) is 3.75. The molecule has 0 aromatic carbocycles. The lowest BCUT2D eigenvalue weighted by atomic mass is 9.90. The van der Waals surface area contributed by atoms with Crippen LogP contribution in [-0.2, 0) is 4.74 Å². The van der Waals surface area contributed by atoms with Crippen LogP contribution in [0.15, 0.2) is 0 Å². The van der Waals surface area contributed by atoms with E-state index in [9.17, 15) is 4.79 Å². The Balaban J connectivity index is 1.93. The molecule has 98 valence electrons. The van der Waals surface area contributed by atoms with Gasteiger partial charge in [0.2, 0.25) is 0 Å². The van der Waals surface area contributed by atoms with Crippen molar-refractivity contribution in [1.29, 1.82) is 0 Å². The van der Waals surface area contributed by atoms with Crippen LogP contribution in [0, 0.1) is 5.92 Å². The van der Waals surface area contributed by atoms with Gasteiger partial charge in [-0.3, -0.25) is 0 Å². The molecular formula is C13H24N2O2. The fraction of sp³-hybridized carbons (Fsp3) is 0.923. The van der Waals surface area contributed by atoms with Gasteiger partial charge in [0.15, 0.2) is 0 Å². The SMILES string of the molecule is CC(C)OC(=O)N1CCCC1C1CCCNC1. The van der Waals surface area contributed by atoms with E-state index in [1.165, 1.54) is 12.8 Å². The van der Waals surface area contributed by atoms with Crippen LogP contribution < -0.4 is 5.32 Å². The summed E-state index contributed by atoms with van der Waals surface area (Å²) >= 11 is 0. The summed E-state index contributed by atoms with van der Waals surface area (Å²) in [5.41, 5.74) is 0. The molecule has 0 saturated carbocycles. The molecule has 1 N–H and O–H groups in total. The topological polar surface area (TPSA) is 41.6 Å². The largest absolute Gasteiger partial charge is 0.447 e. The zero-order chi connectivity index (χ0) is 12.3. The molecule has 0 spiro atoms. The number of piperidine rings is 1. The molecule has 2 aliphatic heterocycles. The highest BCUT2D eigenvalue weighted by Crippen LogP contribution is 2.28. The Morgan fingerprint density at radius 2 is 2.18 bits per heavy atom. The Kier molecular flexibility index (Phi) is 4.26. The van der Waals surface area contributed by atoms with Gasteiger partial charge >= 0.3 is 6.09 Å². The Hall–Kier alpha value is -0.770. The number of hydrogen-bond donors (Lipinski definition) is 1. The van der Waals surface area contributed by atoms with Crippen LogP contribution in [0.25, 0.3) is 0 Å². The molecule has 0 radical (unpaired) electrons. The molecule has 2 rings (SSSR count). The van der Waals surface area contributed by atoms with Crippen molar-refractivity contribution in [3.05, 3.63) is 0 Å². The second-order valence-corrected chi connectivity index (χ2v) is 5.44. The van der Waals surface area contributed by atoms with Crippen molar-refractivity contribution >= 4 is 6.09 Å². The molecule has 2 saturated heterocycles. The number of rotatable bonds is 2. The van der Waals surface area contributed by atoms with Crippen LogP contribution in [0.3, 0.4) is 0 Å². The van der Waals surface area contributed by atoms with Crippen molar-refractivity contribution in [3.63, 3.8) is 0 Å². The average Bonchev–Trinajstić information content (AvgIpc) is 2.78. The van der Waals surface area contributed by atoms with Gasteiger partial charge in [-0.15, -0.1) is 0 Å². The number of amides is 1. The number of carbonyl (C=O) groups excluding carboxylic acids is 1. The van der Waals surface area contributed by atoms with E-state index in [4.69, 9.17) is 4.74 Å². The summed E-state index contributed by atoms with van der Waals surface area (Å²) in [5.74, 6) is 0.617. The summed E-state index contributed by atoms with van der Waals surface area (Å²) in [6.45, 7) is 6.86. The van der Waals surface area contributed by atoms with Gasteiger partial charge in [-0.2, -0.15) is 0 Å². The standard InChI is InChI=1S/C13H24N2O2/c1-10(2)17-13(16)15-8-4-6-12(15)11-5-3-7-14-9-11/h10-12,14H,3-9H2,1-2H3. The van der Waals surface area contributed by atoms with Crippen molar-refractivity contribution in [2.75, 3.05) is 19.6 Å². The molecule has 0 bridgehead atoms. The molecule has 2 unspecified atom stereocenters. The third kappa shape index (κ3) is 3.12. The fourth-order valence-corrected chi connectivity index (χ4v) is 2.99. The van der Waals surface area contributed by atoms with Crippen molar-refractivity contribution in [3.8, 4) is 0 Å². The van der Waals surface area contributed by atoms with Gasteiger partial charge in [0.1, 0.15) is 0 Å². The van der Waals surface area contributed by atoms with Crippen LogP contribution in [-0.4, -0.2) is 42.8 Å². The Labute approximate surface area is 104 Å². The third-order valence-corrected chi connectivity index (χ3v) is 3.75. The van der Waals surface area contributed by atoms with Gasteiger partial charge in [0.05, 0.1) is 6.10 Å². The average molecular weight is 240 g/mol. The summed E-state index contributed by atoms with van der Waals surface area (Å²) in [6, 6.07) is 0.397. The monoisotopic (exact) mass is 240 g/mol. The molecule has 4 heteroatoms. The quantitative estimate of drug-likeness (QED) is 0.802. The van der Waals surface area contributed by atoms with Crippen molar-refractivity contribution in [2.24, 2.45) is 5.92 Å². The van der Waals surface area contributed by atoms with E-state index in [1.54, 1.807) is 0 Å². The van der Waals surface area contributed by atoms with Crippen LogP contribution in [0.1, 0.15) is 39.5 Å². The molecule has 17 heavy (non-hydrogen) atoms. The molecule has 2 atom stereocenters. The normalized spacial score (nSPS) is 29.7. The molecule has 0 aromatic heterocycles. The van der Waals surface area contributed by atoms with E-state index >= 15 is 0 Å². The maximum absolute atomic E-state index is 12.0. The van der Waals surface area contributed by atoms with Crippen LogP contribution >= 0.6 is 0 Å². The van der Waals surface area contributed by atoms with Crippen molar-refractivity contribution < 1.29 is 9.53 Å². The summed E-state index contributed by atoms with van der Waals surface area (Å²) in [4.78, 5) is 13.9. The second-order valence-electron chi connectivity index (χ2n) is 5.44. The summed E-state index contributed by atoms with van der Waals surface area (Å²) in [6.07, 6.45) is 4.59. The summed E-state index contributed by atoms with van der Waals surface area (Å²) < 4.78 is 5.32. The highest BCUT2D eigenvalue weighted by atomic mass is 16.6. The number of likely N-dealkylation sites (tertiary alicyclic amines) is 1. The molecule has 2 aliphatic rings. The zero-order valence-corrected chi connectivity index (χ0v) is 10.9. The zero-order valence-electron chi connectivity index (χ0n) is 10.9. The molecule has 1 amide bonds. The first kappa shape index (κ1) is 12.7. The smallest absolute Gasteiger partial charge is 0.410 e. The van der Waals surface area contributed by atoms with E-state index in [0.717, 1.165) is 32.5 Å². The minimum absolute atomic E-state index is 0.0202. The Morgan fingerprint density at radius 1 is 1.35 bits per heavy atom. The number of hydrogen-bond acceptors (Lipinski definition) is 3. The first-order valence-corrected chi connectivity index (χ1v) is 6.86. The molecule has 0 aromatic rings. The van der Waals surface area contributed by atoms with E-state index in [0.29, 0.717) is 12.0 Å². The Morgan fingerprint density at radius 3 is 2.82 bits per heavy atom. The van der Waals surface area contributed by atoms with E-state index in [1.807, 2.05) is 18.7 Å². The predicted molar refractivity (Wildman–Crippen MR) is 66.9 cm³/mol. The van der Waals surface area contributed by atoms with E-state index < -0.39 is 0 Å². The predicted octanol–water partition coefficient (Wildman–Crippen LogP) is 2.00. The summed E-state index contributed by atoms with van der Waals surface area (Å²) in [5, 5.41) is 3.43. The number of carbonyl (C=O) groups is 1. The molecule has 2 heterocycles. The van der Waals surface area contributed by atoms with Gasteiger partial charge in [-0.1, -0.05) is 0 Å². The van der Waals surface area contributed by atoms with Crippen LogP contribution in [0.2, 0.25) is 0 Å². The molecule has 2 fully saturated rings. The fourth-order valence-electron chi connectivity index (χ4n) is 2.99. The molecular weight excluding hydrogens is 216 g/mol. The van der Waals surface area contributed by atoms with Crippen molar-refractivity contribution in [1.82, 2.24) is 10.2 Å². The number of nitrogens with one attached hydrogen (secondary N) is 1. The van der Waals surface area contributed by atoms with Gasteiger partial charge in [-0.25, -0.2) is 4.79 Å². The Bertz CT molecular complexity index is 262. The second kappa shape index (κ2) is 5.71. The van der Waals surface area contributed by atoms with E-state index in [2.05, 4.69) is 5.32 Å². The van der Waals surface area contributed by atoms with Gasteiger partial charge in [0, 0.05) is 12.6 Å². The minimum Gasteiger partial charge on any atom is -0.447 e. The molecule has 4 nitrogen and oxygen atoms in total. The molecule has 0 aliphatic carbocycles. The maximum Gasteiger partial charge on any atom is 0.410 e. The highest BCUT2D eigenvalue weighted by molar-refractivity contribution is 5.68.